The van der Waals surface area contributed by atoms with Crippen LogP contribution in [0.5, 0.6) is 0 Å². The summed E-state index contributed by atoms with van der Waals surface area (Å²) < 4.78 is 7.35. The highest BCUT2D eigenvalue weighted by Crippen LogP contribution is 2.42. The molecule has 0 aliphatic heterocycles. The monoisotopic (exact) mass is 839 g/mol. The van der Waals surface area contributed by atoms with Gasteiger partial charge in [0.2, 0.25) is 0 Å². The molecule has 0 aliphatic rings. The maximum atomic E-state index is 14.6. The number of benzene rings is 6. The Morgan fingerprint density at radius 3 is 1.38 bits per heavy atom. The van der Waals surface area contributed by atoms with E-state index in [1.54, 1.807) is 15.8 Å². The number of alkyl carbamates (subject to hydrolysis) is 1. The van der Waals surface area contributed by atoms with Gasteiger partial charge in [-0.3, -0.25) is 10.00 Å². The Hall–Kier alpha value is -7.17. The van der Waals surface area contributed by atoms with Crippen molar-refractivity contribution in [3.63, 3.8) is 0 Å². The van der Waals surface area contributed by atoms with E-state index in [0.717, 1.165) is 33.4 Å². The molecular weight excluding hydrogens is 783 g/mol. The third-order valence-corrected chi connectivity index (χ3v) is 11.1. The van der Waals surface area contributed by atoms with Gasteiger partial charge in [0.25, 0.3) is 0 Å². The Kier molecular flexibility index (Phi) is 14.0. The predicted molar refractivity (Wildman–Crippen MR) is 253 cm³/mol. The van der Waals surface area contributed by atoms with Crippen molar-refractivity contribution in [2.24, 2.45) is 7.05 Å². The second-order valence-corrected chi connectivity index (χ2v) is 16.6. The van der Waals surface area contributed by atoms with Crippen molar-refractivity contribution >= 4 is 23.6 Å². The van der Waals surface area contributed by atoms with Gasteiger partial charge in [-0.25, -0.2) is 9.59 Å². The van der Waals surface area contributed by atoms with Crippen LogP contribution in [0.15, 0.2) is 188 Å². The molecule has 10 nitrogen and oxygen atoms in total. The van der Waals surface area contributed by atoms with Gasteiger partial charge in [0.15, 0.2) is 0 Å². The lowest BCUT2D eigenvalue weighted by molar-refractivity contribution is 0.124. The third-order valence-electron chi connectivity index (χ3n) is 11.1. The summed E-state index contributed by atoms with van der Waals surface area (Å²) in [5, 5.41) is 18.5. The molecule has 0 radical (unpaired) electrons. The topological polar surface area (TPSA) is 113 Å². The van der Waals surface area contributed by atoms with Crippen LogP contribution in [0.4, 0.5) is 21.1 Å². The summed E-state index contributed by atoms with van der Waals surface area (Å²) in [6.45, 7) is 6.76. The summed E-state index contributed by atoms with van der Waals surface area (Å²) in [5.41, 5.74) is 4.85. The highest BCUT2D eigenvalue weighted by Gasteiger charge is 2.39. The van der Waals surface area contributed by atoms with Gasteiger partial charge in [-0.15, -0.1) is 0 Å². The minimum atomic E-state index is -0.862. The summed E-state index contributed by atoms with van der Waals surface area (Å²) in [4.78, 5) is 29.0. The molecule has 0 unspecified atom stereocenters. The van der Waals surface area contributed by atoms with E-state index in [9.17, 15) is 9.59 Å². The highest BCUT2D eigenvalue weighted by atomic mass is 16.5. The zero-order chi connectivity index (χ0) is 44.1. The van der Waals surface area contributed by atoms with Gasteiger partial charge in [0.1, 0.15) is 23.7 Å². The van der Waals surface area contributed by atoms with E-state index >= 15 is 0 Å². The van der Waals surface area contributed by atoms with E-state index in [4.69, 9.17) is 4.74 Å². The number of rotatable bonds is 17. The van der Waals surface area contributed by atoms with Gasteiger partial charge in [-0.2, -0.15) is 5.10 Å². The summed E-state index contributed by atoms with van der Waals surface area (Å²) in [6.07, 6.45) is 1.71. The van der Waals surface area contributed by atoms with Crippen molar-refractivity contribution in [2.75, 3.05) is 36.9 Å². The van der Waals surface area contributed by atoms with Crippen LogP contribution in [0.2, 0.25) is 0 Å². The Bertz CT molecular complexity index is 2300. The van der Waals surface area contributed by atoms with E-state index in [0.29, 0.717) is 31.0 Å². The van der Waals surface area contributed by atoms with E-state index < -0.39 is 22.7 Å². The van der Waals surface area contributed by atoms with Gasteiger partial charge in [-0.05, 0) is 67.1 Å². The summed E-state index contributed by atoms with van der Waals surface area (Å²) >= 11 is 0. The van der Waals surface area contributed by atoms with Crippen LogP contribution in [0.3, 0.4) is 0 Å². The van der Waals surface area contributed by atoms with Crippen LogP contribution in [-0.4, -0.2) is 58.6 Å². The minimum absolute atomic E-state index is 0.00201. The zero-order valence-corrected chi connectivity index (χ0v) is 36.5. The van der Waals surface area contributed by atoms with Gasteiger partial charge >= 0.3 is 12.1 Å². The number of nitrogens with one attached hydrogen (secondary N) is 4. The van der Waals surface area contributed by atoms with E-state index in [1.807, 2.05) is 101 Å². The Morgan fingerprint density at radius 1 is 0.587 bits per heavy atom. The van der Waals surface area contributed by atoms with Gasteiger partial charge in [0.05, 0.1) is 18.3 Å². The SMILES string of the molecule is Cn1ncc(NC(=O)N(CCCNC(c2ccccc2)(c2ccccc2)c2ccccc2)CCOC(=O)NC(C)(C)C)c1NC(c1ccccc1)(c1ccccc1)c1ccccc1. The quantitative estimate of drug-likeness (QED) is 0.0537. The molecule has 4 N–H and O–H groups in total. The summed E-state index contributed by atoms with van der Waals surface area (Å²) in [7, 11) is 1.85. The number of nitrogens with zero attached hydrogens (tertiary/aromatic N) is 3. The standard InChI is InChI=1S/C53H57N7O3/c1-51(2,3)58-50(62)63-39-38-60(37-23-36-54-52(41-24-11-5-12-25-41,42-26-13-6-14-27-42)43-28-15-7-16-29-43)49(61)56-47-40-55-59(4)48(47)57-53(44-30-17-8-18-31-44,45-32-19-9-20-33-45)46-34-21-10-22-35-46/h5-22,24-35,40,54,57H,23,36-39H2,1-4H3,(H,56,61)(H,58,62). The molecule has 1 aromatic heterocycles. The van der Waals surface area contributed by atoms with Crippen LogP contribution in [0.1, 0.15) is 60.6 Å². The van der Waals surface area contributed by atoms with Gasteiger partial charge < -0.3 is 25.6 Å². The van der Waals surface area contributed by atoms with Crippen molar-refractivity contribution in [3.8, 4) is 0 Å². The van der Waals surface area contributed by atoms with Crippen molar-refractivity contribution in [1.82, 2.24) is 25.3 Å². The first-order chi connectivity index (χ1) is 30.6. The molecule has 0 saturated carbocycles. The van der Waals surface area contributed by atoms with Crippen LogP contribution < -0.4 is 21.3 Å². The number of carbonyl (C=O) groups is 2. The average molecular weight is 840 g/mol. The molecule has 63 heavy (non-hydrogen) atoms. The number of amides is 3. The van der Waals surface area contributed by atoms with E-state index in [1.165, 1.54) is 0 Å². The Balaban J connectivity index is 1.17. The largest absolute Gasteiger partial charge is 0.448 e. The number of carbonyl (C=O) groups excluding carboxylic acids is 2. The number of aromatic nitrogens is 2. The molecule has 3 amide bonds. The number of aryl methyl sites for hydroxylation is 1. The molecule has 0 fully saturated rings. The lowest BCUT2D eigenvalue weighted by Gasteiger charge is -2.38. The van der Waals surface area contributed by atoms with Crippen LogP contribution >= 0.6 is 0 Å². The molecule has 7 rings (SSSR count). The van der Waals surface area contributed by atoms with Crippen molar-refractivity contribution in [1.29, 1.82) is 0 Å². The number of urea groups is 1. The highest BCUT2D eigenvalue weighted by molar-refractivity contribution is 5.92. The Labute approximate surface area is 371 Å². The van der Waals surface area contributed by atoms with E-state index in [2.05, 4.69) is 136 Å². The first-order valence-corrected chi connectivity index (χ1v) is 21.5. The fraction of sp³-hybridized carbons (Fsp3) is 0.226. The Morgan fingerprint density at radius 2 is 0.984 bits per heavy atom. The molecule has 0 bridgehead atoms. The van der Waals surface area contributed by atoms with Gasteiger partial charge in [0, 0.05) is 19.1 Å². The fourth-order valence-electron chi connectivity index (χ4n) is 8.15. The molecule has 6 aromatic carbocycles. The maximum Gasteiger partial charge on any atom is 0.407 e. The summed E-state index contributed by atoms with van der Waals surface area (Å²) in [6, 6.07) is 61.8. The fourth-order valence-corrected chi connectivity index (χ4v) is 8.15. The third kappa shape index (κ3) is 10.3. The second-order valence-electron chi connectivity index (χ2n) is 16.6. The molecule has 1 heterocycles. The second kappa shape index (κ2) is 20.1. The molecule has 0 saturated heterocycles. The summed E-state index contributed by atoms with van der Waals surface area (Å²) in [5.74, 6) is 0.612. The first kappa shape index (κ1) is 43.9. The van der Waals surface area contributed by atoms with Crippen molar-refractivity contribution in [3.05, 3.63) is 222 Å². The van der Waals surface area contributed by atoms with Crippen LogP contribution in [0.25, 0.3) is 0 Å². The number of anilines is 2. The minimum Gasteiger partial charge on any atom is -0.448 e. The molecule has 0 spiro atoms. The first-order valence-electron chi connectivity index (χ1n) is 21.5. The number of hydrogen-bond acceptors (Lipinski definition) is 6. The van der Waals surface area contributed by atoms with Gasteiger partial charge in [-0.1, -0.05) is 182 Å². The maximum absolute atomic E-state index is 14.6. The number of hydrogen-bond donors (Lipinski definition) is 4. The predicted octanol–water partition coefficient (Wildman–Crippen LogP) is 10.2. The molecule has 7 aromatic rings. The van der Waals surface area contributed by atoms with Crippen molar-refractivity contribution < 1.29 is 14.3 Å². The normalized spacial score (nSPS) is 11.7. The van der Waals surface area contributed by atoms with Crippen molar-refractivity contribution in [2.45, 2.75) is 43.8 Å². The molecule has 10 heteroatoms. The smallest absolute Gasteiger partial charge is 0.407 e. The number of ether oxygens (including phenoxy) is 1. The average Bonchev–Trinajstić information content (AvgIpc) is 3.65. The molecule has 322 valence electrons. The molecule has 0 aliphatic carbocycles. The zero-order valence-electron chi connectivity index (χ0n) is 36.5. The molecular formula is C53H57N7O3. The lowest BCUT2D eigenvalue weighted by Crippen LogP contribution is -2.46. The van der Waals surface area contributed by atoms with Crippen LogP contribution in [-0.2, 0) is 22.9 Å². The molecule has 0 atom stereocenters. The lowest BCUT2D eigenvalue weighted by atomic mass is 9.77. The van der Waals surface area contributed by atoms with E-state index in [-0.39, 0.29) is 19.2 Å². The van der Waals surface area contributed by atoms with Crippen LogP contribution in [0, 0.1) is 0 Å².